The van der Waals surface area contributed by atoms with Crippen LogP contribution in [0.2, 0.25) is 0 Å². The minimum absolute atomic E-state index is 0.0880. The van der Waals surface area contributed by atoms with Crippen LogP contribution in [0.4, 0.5) is 10.1 Å². The number of halogens is 1. The largest absolute Gasteiger partial charge is 0.370 e. The van der Waals surface area contributed by atoms with Crippen molar-refractivity contribution in [2.45, 2.75) is 25.9 Å². The smallest absolute Gasteiger partial charge is 0.123 e. The number of hydrogen-bond acceptors (Lipinski definition) is 2. The first-order chi connectivity index (χ1) is 6.52. The zero-order valence-corrected chi connectivity index (χ0v) is 8.87. The number of nitrogens with two attached hydrogens (primary N) is 1. The molecule has 2 N–H and O–H groups in total. The molecule has 14 heavy (non-hydrogen) atoms. The van der Waals surface area contributed by atoms with Crippen molar-refractivity contribution in [2.24, 2.45) is 5.73 Å². The summed E-state index contributed by atoms with van der Waals surface area (Å²) in [5.41, 5.74) is 6.77. The first kappa shape index (κ1) is 11.0. The van der Waals surface area contributed by atoms with Crippen molar-refractivity contribution in [3.05, 3.63) is 30.1 Å². The second kappa shape index (κ2) is 4.42. The fourth-order valence-corrected chi connectivity index (χ4v) is 1.26. The third kappa shape index (κ3) is 2.45. The number of hydrogen-bond donors (Lipinski definition) is 1. The Morgan fingerprint density at radius 1 is 1.21 bits per heavy atom. The first-order valence-corrected chi connectivity index (χ1v) is 4.76. The fourth-order valence-electron chi connectivity index (χ4n) is 1.26. The van der Waals surface area contributed by atoms with Gasteiger partial charge in [0.2, 0.25) is 0 Å². The minimum Gasteiger partial charge on any atom is -0.370 e. The molecule has 0 saturated carbocycles. The van der Waals surface area contributed by atoms with Crippen molar-refractivity contribution in [3.63, 3.8) is 0 Å². The molecule has 0 bridgehead atoms. The SMILES string of the molecule is CC(N)C(C)N(C)c1ccc(F)cc1. The van der Waals surface area contributed by atoms with Gasteiger partial charge in [0, 0.05) is 24.8 Å². The summed E-state index contributed by atoms with van der Waals surface area (Å²) in [6.45, 7) is 4.01. The molecule has 1 aromatic rings. The summed E-state index contributed by atoms with van der Waals surface area (Å²) in [6.07, 6.45) is 0. The van der Waals surface area contributed by atoms with E-state index in [9.17, 15) is 4.39 Å². The van der Waals surface area contributed by atoms with E-state index in [1.54, 1.807) is 12.1 Å². The van der Waals surface area contributed by atoms with Crippen LogP contribution in [-0.2, 0) is 0 Å². The highest BCUT2D eigenvalue weighted by molar-refractivity contribution is 5.46. The van der Waals surface area contributed by atoms with Gasteiger partial charge in [-0.05, 0) is 38.1 Å². The monoisotopic (exact) mass is 196 g/mol. The third-order valence-electron chi connectivity index (χ3n) is 2.61. The molecular weight excluding hydrogens is 179 g/mol. The average molecular weight is 196 g/mol. The van der Waals surface area contributed by atoms with Crippen molar-refractivity contribution < 1.29 is 4.39 Å². The molecule has 2 nitrogen and oxygen atoms in total. The number of nitrogens with zero attached hydrogens (tertiary/aromatic N) is 1. The number of anilines is 1. The summed E-state index contributed by atoms with van der Waals surface area (Å²) in [5, 5.41) is 0. The minimum atomic E-state index is -0.212. The van der Waals surface area contributed by atoms with Gasteiger partial charge in [-0.15, -0.1) is 0 Å². The fraction of sp³-hybridized carbons (Fsp3) is 0.455. The van der Waals surface area contributed by atoms with E-state index >= 15 is 0 Å². The van der Waals surface area contributed by atoms with Crippen molar-refractivity contribution in [2.75, 3.05) is 11.9 Å². The molecule has 2 atom stereocenters. The van der Waals surface area contributed by atoms with Gasteiger partial charge < -0.3 is 10.6 Å². The van der Waals surface area contributed by atoms with Gasteiger partial charge in [0.15, 0.2) is 0 Å². The Morgan fingerprint density at radius 3 is 2.14 bits per heavy atom. The lowest BCUT2D eigenvalue weighted by atomic mass is 10.1. The maximum atomic E-state index is 12.7. The van der Waals surface area contributed by atoms with Gasteiger partial charge in [-0.25, -0.2) is 4.39 Å². The molecule has 0 aliphatic heterocycles. The van der Waals surface area contributed by atoms with Crippen LogP contribution >= 0.6 is 0 Å². The molecule has 0 aromatic heterocycles. The van der Waals surface area contributed by atoms with Crippen molar-refractivity contribution in [1.29, 1.82) is 0 Å². The van der Waals surface area contributed by atoms with E-state index in [4.69, 9.17) is 5.73 Å². The molecule has 0 aliphatic carbocycles. The van der Waals surface area contributed by atoms with E-state index in [1.807, 2.05) is 25.8 Å². The Bertz CT molecular complexity index is 282. The molecule has 0 heterocycles. The van der Waals surface area contributed by atoms with Crippen molar-refractivity contribution in [3.8, 4) is 0 Å². The Morgan fingerprint density at radius 2 is 1.71 bits per heavy atom. The van der Waals surface area contributed by atoms with Gasteiger partial charge in [-0.1, -0.05) is 0 Å². The lowest BCUT2D eigenvalue weighted by Crippen LogP contribution is -2.42. The van der Waals surface area contributed by atoms with E-state index in [2.05, 4.69) is 0 Å². The summed E-state index contributed by atoms with van der Waals surface area (Å²) >= 11 is 0. The van der Waals surface area contributed by atoms with E-state index in [-0.39, 0.29) is 17.9 Å². The molecule has 0 radical (unpaired) electrons. The second-order valence-electron chi connectivity index (χ2n) is 3.69. The maximum absolute atomic E-state index is 12.7. The zero-order valence-electron chi connectivity index (χ0n) is 8.87. The predicted octanol–water partition coefficient (Wildman–Crippen LogP) is 2.00. The highest BCUT2D eigenvalue weighted by Gasteiger charge is 2.13. The van der Waals surface area contributed by atoms with E-state index in [0.29, 0.717) is 0 Å². The van der Waals surface area contributed by atoms with Crippen LogP contribution in [0.25, 0.3) is 0 Å². The average Bonchev–Trinajstić information content (AvgIpc) is 2.16. The topological polar surface area (TPSA) is 29.3 Å². The van der Waals surface area contributed by atoms with E-state index in [1.165, 1.54) is 12.1 Å². The van der Waals surface area contributed by atoms with Gasteiger partial charge in [0.05, 0.1) is 0 Å². The van der Waals surface area contributed by atoms with Gasteiger partial charge in [0.25, 0.3) is 0 Å². The molecule has 0 saturated heterocycles. The normalized spacial score (nSPS) is 14.9. The zero-order chi connectivity index (χ0) is 10.7. The van der Waals surface area contributed by atoms with Crippen LogP contribution in [-0.4, -0.2) is 19.1 Å². The summed E-state index contributed by atoms with van der Waals surface area (Å²) in [4.78, 5) is 2.05. The molecule has 2 unspecified atom stereocenters. The van der Waals surface area contributed by atoms with Gasteiger partial charge in [0.1, 0.15) is 5.82 Å². The van der Waals surface area contributed by atoms with E-state index in [0.717, 1.165) is 5.69 Å². The van der Waals surface area contributed by atoms with Gasteiger partial charge in [-0.2, -0.15) is 0 Å². The summed E-state index contributed by atoms with van der Waals surface area (Å²) in [7, 11) is 1.96. The van der Waals surface area contributed by atoms with Gasteiger partial charge >= 0.3 is 0 Å². The Hall–Kier alpha value is -1.09. The molecule has 3 heteroatoms. The number of rotatable bonds is 3. The lowest BCUT2D eigenvalue weighted by Gasteiger charge is -2.29. The van der Waals surface area contributed by atoms with Crippen LogP contribution in [0.5, 0.6) is 0 Å². The van der Waals surface area contributed by atoms with Crippen LogP contribution in [0.3, 0.4) is 0 Å². The van der Waals surface area contributed by atoms with Crippen LogP contribution < -0.4 is 10.6 Å². The Labute approximate surface area is 84.5 Å². The Kier molecular flexibility index (Phi) is 3.47. The molecule has 0 fully saturated rings. The summed E-state index contributed by atoms with van der Waals surface area (Å²) in [5.74, 6) is -0.212. The third-order valence-corrected chi connectivity index (χ3v) is 2.61. The number of benzene rings is 1. The predicted molar refractivity (Wildman–Crippen MR) is 57.9 cm³/mol. The first-order valence-electron chi connectivity index (χ1n) is 4.76. The highest BCUT2D eigenvalue weighted by Crippen LogP contribution is 2.16. The number of likely N-dealkylation sites (N-methyl/N-ethyl adjacent to an activating group) is 1. The molecule has 1 aromatic carbocycles. The second-order valence-corrected chi connectivity index (χ2v) is 3.69. The lowest BCUT2D eigenvalue weighted by molar-refractivity contribution is 0.572. The Balaban J connectivity index is 2.78. The summed E-state index contributed by atoms with van der Waals surface area (Å²) < 4.78 is 12.7. The summed E-state index contributed by atoms with van der Waals surface area (Å²) in [6, 6.07) is 6.76. The van der Waals surface area contributed by atoms with Gasteiger partial charge in [-0.3, -0.25) is 0 Å². The highest BCUT2D eigenvalue weighted by atomic mass is 19.1. The molecule has 0 amide bonds. The standard InChI is InChI=1S/C11H17FN2/c1-8(13)9(2)14(3)11-6-4-10(12)5-7-11/h4-9H,13H2,1-3H3. The maximum Gasteiger partial charge on any atom is 0.123 e. The van der Waals surface area contributed by atoms with E-state index < -0.39 is 0 Å². The molecule has 78 valence electrons. The molecular formula is C11H17FN2. The molecule has 0 aliphatic rings. The van der Waals surface area contributed by atoms with Crippen molar-refractivity contribution in [1.82, 2.24) is 0 Å². The van der Waals surface area contributed by atoms with Crippen molar-refractivity contribution >= 4 is 5.69 Å². The molecule has 0 spiro atoms. The van der Waals surface area contributed by atoms with Crippen LogP contribution in [0.15, 0.2) is 24.3 Å². The quantitative estimate of drug-likeness (QED) is 0.801. The molecule has 1 rings (SSSR count). The van der Waals surface area contributed by atoms with Crippen LogP contribution in [0.1, 0.15) is 13.8 Å². The van der Waals surface area contributed by atoms with Crippen LogP contribution in [0, 0.1) is 5.82 Å².